The predicted octanol–water partition coefficient (Wildman–Crippen LogP) is 4.50. The molecule has 2 aromatic carbocycles. The third kappa shape index (κ3) is 5.86. The average molecular weight is 460 g/mol. The monoisotopic (exact) mass is 459 g/mol. The van der Waals surface area contributed by atoms with Gasteiger partial charge in [0.15, 0.2) is 5.17 Å². The van der Waals surface area contributed by atoms with E-state index in [1.807, 2.05) is 6.92 Å². The molecule has 3 rings (SSSR count). The Bertz CT molecular complexity index is 993. The molecule has 0 spiro atoms. The number of amidine groups is 1. The van der Waals surface area contributed by atoms with Crippen molar-refractivity contribution in [2.75, 3.05) is 18.5 Å². The summed E-state index contributed by atoms with van der Waals surface area (Å²) in [5.74, 6) is -0.848. The summed E-state index contributed by atoms with van der Waals surface area (Å²) in [6.45, 7) is 4.34. The lowest BCUT2D eigenvalue weighted by Gasteiger charge is -2.30. The van der Waals surface area contributed by atoms with Crippen molar-refractivity contribution in [3.05, 3.63) is 59.1 Å². The summed E-state index contributed by atoms with van der Waals surface area (Å²) < 4.78 is 4.98. The molecule has 1 fully saturated rings. The number of carbonyl (C=O) groups is 3. The molecule has 0 bridgehead atoms. The third-order valence-electron chi connectivity index (χ3n) is 4.46. The number of hydrogen-bond acceptors (Lipinski definition) is 6. The number of aliphatic imine (C=N–C) groups is 1. The van der Waals surface area contributed by atoms with Crippen molar-refractivity contribution < 1.29 is 19.1 Å². The number of carbonyl (C=O) groups excluding carboxylic acids is 3. The Morgan fingerprint density at radius 1 is 1.16 bits per heavy atom. The van der Waals surface area contributed by atoms with Gasteiger partial charge in [0, 0.05) is 23.7 Å². The first-order valence-electron chi connectivity index (χ1n) is 9.80. The van der Waals surface area contributed by atoms with Gasteiger partial charge in [-0.15, -0.1) is 0 Å². The molecule has 0 aromatic heterocycles. The van der Waals surface area contributed by atoms with E-state index in [1.165, 1.54) is 11.8 Å². The predicted molar refractivity (Wildman–Crippen MR) is 123 cm³/mol. The molecule has 1 saturated heterocycles. The topological polar surface area (TPSA) is 88.1 Å². The van der Waals surface area contributed by atoms with E-state index in [9.17, 15) is 14.4 Å². The van der Waals surface area contributed by atoms with Crippen LogP contribution in [0.2, 0.25) is 5.02 Å². The van der Waals surface area contributed by atoms with Crippen LogP contribution in [-0.2, 0) is 14.3 Å². The van der Waals surface area contributed by atoms with Crippen molar-refractivity contribution in [3.8, 4) is 0 Å². The highest BCUT2D eigenvalue weighted by Gasteiger charge is 2.35. The first kappa shape index (κ1) is 22.8. The Morgan fingerprint density at radius 3 is 2.45 bits per heavy atom. The summed E-state index contributed by atoms with van der Waals surface area (Å²) in [5.41, 5.74) is 1.60. The molecule has 1 aliphatic heterocycles. The van der Waals surface area contributed by atoms with Gasteiger partial charge in [-0.2, -0.15) is 0 Å². The number of anilines is 1. The third-order valence-corrected chi connectivity index (χ3v) is 5.90. The second-order valence-electron chi connectivity index (χ2n) is 6.61. The lowest BCUT2D eigenvalue weighted by Crippen LogP contribution is -2.45. The van der Waals surface area contributed by atoms with E-state index in [2.05, 4.69) is 10.3 Å². The smallest absolute Gasteiger partial charge is 0.338 e. The minimum Gasteiger partial charge on any atom is -0.462 e. The van der Waals surface area contributed by atoms with E-state index >= 15 is 0 Å². The molecule has 7 nitrogen and oxygen atoms in total. The van der Waals surface area contributed by atoms with Crippen LogP contribution in [0.1, 0.15) is 30.6 Å². The first-order valence-corrected chi connectivity index (χ1v) is 11.1. The van der Waals surface area contributed by atoms with Crippen LogP contribution < -0.4 is 5.32 Å². The fourth-order valence-corrected chi connectivity index (χ4v) is 4.19. The molecule has 31 heavy (non-hydrogen) atoms. The van der Waals surface area contributed by atoms with Gasteiger partial charge in [-0.1, -0.05) is 23.4 Å². The summed E-state index contributed by atoms with van der Waals surface area (Å²) >= 11 is 7.12. The number of ether oxygens (including phenoxy) is 1. The maximum atomic E-state index is 12.7. The summed E-state index contributed by atoms with van der Waals surface area (Å²) in [7, 11) is 0. The number of halogens is 1. The number of thioether (sulfide) groups is 1. The van der Waals surface area contributed by atoms with Gasteiger partial charge < -0.3 is 10.1 Å². The van der Waals surface area contributed by atoms with E-state index in [-0.39, 0.29) is 18.2 Å². The molecule has 1 heterocycles. The highest BCUT2D eigenvalue weighted by atomic mass is 35.5. The molecule has 2 amide bonds. The number of nitrogens with zero attached hydrogens (tertiary/aromatic N) is 2. The van der Waals surface area contributed by atoms with Gasteiger partial charge in [0.25, 0.3) is 0 Å². The van der Waals surface area contributed by atoms with Crippen LogP contribution in [0, 0.1) is 0 Å². The van der Waals surface area contributed by atoms with Crippen LogP contribution in [-0.4, -0.2) is 46.3 Å². The number of hydrogen-bond donors (Lipinski definition) is 1. The summed E-state index contributed by atoms with van der Waals surface area (Å²) in [6, 6.07) is 13.4. The SMILES string of the molecule is CCOC(=O)c1ccc(N=C2S[C@H](C(=O)Nc3ccc(Cl)cc3)CC(=O)N2CC)cc1. The molecule has 1 aliphatic rings. The van der Waals surface area contributed by atoms with Crippen LogP contribution in [0.25, 0.3) is 0 Å². The van der Waals surface area contributed by atoms with Crippen molar-refractivity contribution in [3.63, 3.8) is 0 Å². The van der Waals surface area contributed by atoms with Gasteiger partial charge in [0.2, 0.25) is 11.8 Å². The zero-order chi connectivity index (χ0) is 22.4. The highest BCUT2D eigenvalue weighted by Crippen LogP contribution is 2.30. The lowest BCUT2D eigenvalue weighted by molar-refractivity contribution is -0.129. The van der Waals surface area contributed by atoms with Crippen LogP contribution in [0.15, 0.2) is 53.5 Å². The number of nitrogens with one attached hydrogen (secondary N) is 1. The zero-order valence-electron chi connectivity index (χ0n) is 17.1. The number of amides is 2. The Labute approximate surface area is 189 Å². The number of esters is 1. The molecule has 162 valence electrons. The standard InChI is InChI=1S/C22H22ClN3O4S/c1-3-26-19(27)13-18(20(28)24-16-11-7-15(23)8-12-16)31-22(26)25-17-9-5-14(6-10-17)21(29)30-4-2/h5-12,18H,3-4,13H2,1-2H3,(H,24,28)/t18-/m0/s1. The Hall–Kier alpha value is -2.84. The van der Waals surface area contributed by atoms with Crippen molar-refractivity contribution in [1.29, 1.82) is 0 Å². The molecule has 0 aliphatic carbocycles. The largest absolute Gasteiger partial charge is 0.462 e. The first-order chi connectivity index (χ1) is 14.9. The van der Waals surface area contributed by atoms with E-state index in [0.717, 1.165) is 0 Å². The van der Waals surface area contributed by atoms with E-state index in [1.54, 1.807) is 60.4 Å². The summed E-state index contributed by atoms with van der Waals surface area (Å²) in [5, 5.41) is 3.22. The maximum Gasteiger partial charge on any atom is 0.338 e. The van der Waals surface area contributed by atoms with Crippen molar-refractivity contribution in [2.24, 2.45) is 4.99 Å². The van der Waals surface area contributed by atoms with Gasteiger partial charge in [-0.25, -0.2) is 9.79 Å². The van der Waals surface area contributed by atoms with Crippen LogP contribution in [0.5, 0.6) is 0 Å². The van der Waals surface area contributed by atoms with Crippen molar-refractivity contribution in [2.45, 2.75) is 25.5 Å². The normalized spacial score (nSPS) is 17.5. The minimum atomic E-state index is -0.608. The second-order valence-corrected chi connectivity index (χ2v) is 8.21. The van der Waals surface area contributed by atoms with E-state index in [0.29, 0.717) is 40.3 Å². The highest BCUT2D eigenvalue weighted by molar-refractivity contribution is 8.15. The number of benzene rings is 2. The molecule has 0 saturated carbocycles. The summed E-state index contributed by atoms with van der Waals surface area (Å²) in [4.78, 5) is 43.3. The molecule has 0 unspecified atom stereocenters. The average Bonchev–Trinajstić information content (AvgIpc) is 2.76. The second kappa shape index (κ2) is 10.5. The maximum absolute atomic E-state index is 12.7. The number of rotatable bonds is 6. The van der Waals surface area contributed by atoms with Gasteiger partial charge in [0.1, 0.15) is 5.25 Å². The van der Waals surface area contributed by atoms with E-state index in [4.69, 9.17) is 16.3 Å². The Kier molecular flexibility index (Phi) is 7.70. The molecule has 9 heteroatoms. The molecule has 2 aromatic rings. The van der Waals surface area contributed by atoms with E-state index < -0.39 is 11.2 Å². The van der Waals surface area contributed by atoms with Gasteiger partial charge >= 0.3 is 5.97 Å². The van der Waals surface area contributed by atoms with Gasteiger partial charge in [-0.05, 0) is 62.4 Å². The summed E-state index contributed by atoms with van der Waals surface area (Å²) in [6.07, 6.45) is 0.0821. The van der Waals surface area contributed by atoms with Crippen LogP contribution in [0.4, 0.5) is 11.4 Å². The van der Waals surface area contributed by atoms with Crippen LogP contribution >= 0.6 is 23.4 Å². The molecular weight excluding hydrogens is 438 g/mol. The van der Waals surface area contributed by atoms with Crippen LogP contribution in [0.3, 0.4) is 0 Å². The van der Waals surface area contributed by atoms with Crippen molar-refractivity contribution in [1.82, 2.24) is 4.90 Å². The Balaban J connectivity index is 1.77. The zero-order valence-corrected chi connectivity index (χ0v) is 18.7. The van der Waals surface area contributed by atoms with Gasteiger partial charge in [-0.3, -0.25) is 14.5 Å². The quantitative estimate of drug-likeness (QED) is 0.642. The Morgan fingerprint density at radius 2 is 1.84 bits per heavy atom. The fourth-order valence-electron chi connectivity index (χ4n) is 2.91. The molecular formula is C22H22ClN3O4S. The molecule has 0 radical (unpaired) electrons. The molecule has 1 atom stereocenters. The van der Waals surface area contributed by atoms with Gasteiger partial charge in [0.05, 0.1) is 17.9 Å². The minimum absolute atomic E-state index is 0.0821. The van der Waals surface area contributed by atoms with Crippen molar-refractivity contribution >= 4 is 57.7 Å². The molecule has 1 N–H and O–H groups in total. The lowest BCUT2D eigenvalue weighted by atomic mass is 10.2. The fraction of sp³-hybridized carbons (Fsp3) is 0.273.